The van der Waals surface area contributed by atoms with E-state index in [1.54, 1.807) is 30.5 Å². The van der Waals surface area contributed by atoms with E-state index in [9.17, 15) is 9.59 Å². The van der Waals surface area contributed by atoms with Crippen LogP contribution in [0.15, 0.2) is 66.7 Å². The molecule has 0 bridgehead atoms. The standard InChI is InChI=1S/C27H35N5O2/c1-2-3-12-24(28)32-27(34)21-15-13-20(14-16-21)18-23-25(29)22(19-31-26(23)30)11-9-7-5-4-6-8-10-17-33/h2-3,7,9,12-17,19H,4-6,8,10-11,18,28H2,1H3,(H,32,34)(H4,29,30,31)/b3-2-,9-7+,24-12+. The van der Waals surface area contributed by atoms with Crippen molar-refractivity contribution in [3.05, 3.63) is 88.9 Å². The van der Waals surface area contributed by atoms with Gasteiger partial charge in [-0.05, 0) is 61.9 Å². The Morgan fingerprint density at radius 1 is 1.06 bits per heavy atom. The monoisotopic (exact) mass is 461 g/mol. The van der Waals surface area contributed by atoms with Gasteiger partial charge in [0.15, 0.2) is 0 Å². The van der Waals surface area contributed by atoms with Crippen LogP contribution in [0.4, 0.5) is 11.5 Å². The first kappa shape index (κ1) is 26.4. The van der Waals surface area contributed by atoms with Gasteiger partial charge in [-0.3, -0.25) is 4.79 Å². The van der Waals surface area contributed by atoms with Gasteiger partial charge in [-0.2, -0.15) is 0 Å². The fraction of sp³-hybridized carbons (Fsp3) is 0.296. The molecule has 7 nitrogen and oxygen atoms in total. The molecule has 1 aromatic carbocycles. The van der Waals surface area contributed by atoms with E-state index in [0.29, 0.717) is 36.3 Å². The van der Waals surface area contributed by atoms with Crippen molar-refractivity contribution in [1.29, 1.82) is 0 Å². The van der Waals surface area contributed by atoms with Crippen LogP contribution in [0.1, 0.15) is 66.1 Å². The number of carbonyl (C=O) groups is 2. The van der Waals surface area contributed by atoms with Crippen LogP contribution in [0.3, 0.4) is 0 Å². The highest BCUT2D eigenvalue weighted by Crippen LogP contribution is 2.25. The fourth-order valence-corrected chi connectivity index (χ4v) is 3.39. The molecule has 1 aromatic heterocycles. The zero-order chi connectivity index (χ0) is 24.8. The van der Waals surface area contributed by atoms with Gasteiger partial charge in [0.1, 0.15) is 17.9 Å². The maximum absolute atomic E-state index is 12.3. The van der Waals surface area contributed by atoms with Crippen molar-refractivity contribution in [2.75, 3.05) is 11.5 Å². The maximum Gasteiger partial charge on any atom is 0.256 e. The average molecular weight is 462 g/mol. The molecule has 0 saturated carbocycles. The Balaban J connectivity index is 1.99. The van der Waals surface area contributed by atoms with E-state index >= 15 is 0 Å². The Hall–Kier alpha value is -3.87. The van der Waals surface area contributed by atoms with Gasteiger partial charge in [0, 0.05) is 35.9 Å². The fourth-order valence-electron chi connectivity index (χ4n) is 3.39. The molecule has 0 radical (unpaired) electrons. The molecule has 0 aliphatic rings. The molecule has 0 aliphatic carbocycles. The van der Waals surface area contributed by atoms with E-state index in [1.807, 2.05) is 25.1 Å². The Labute approximate surface area is 201 Å². The predicted molar refractivity (Wildman–Crippen MR) is 139 cm³/mol. The lowest BCUT2D eigenvalue weighted by Crippen LogP contribution is -2.27. The highest BCUT2D eigenvalue weighted by Gasteiger charge is 2.12. The number of hydrogen-bond acceptors (Lipinski definition) is 6. The van der Waals surface area contributed by atoms with Crippen LogP contribution in [0.25, 0.3) is 0 Å². The molecular formula is C27H35N5O2. The number of nitrogen functional groups attached to an aromatic ring is 2. The Bertz CT molecular complexity index is 1040. The van der Waals surface area contributed by atoms with Crippen molar-refractivity contribution in [3.8, 4) is 0 Å². The molecule has 180 valence electrons. The maximum atomic E-state index is 12.3. The number of amides is 1. The normalized spacial score (nSPS) is 11.9. The molecule has 34 heavy (non-hydrogen) atoms. The van der Waals surface area contributed by atoms with Crippen molar-refractivity contribution < 1.29 is 9.59 Å². The smallest absolute Gasteiger partial charge is 0.256 e. The van der Waals surface area contributed by atoms with Crippen molar-refractivity contribution >= 4 is 23.7 Å². The quantitative estimate of drug-likeness (QED) is 0.153. The van der Waals surface area contributed by atoms with Crippen LogP contribution in [0, 0.1) is 0 Å². The number of aldehydes is 1. The summed E-state index contributed by atoms with van der Waals surface area (Å²) in [7, 11) is 0. The summed E-state index contributed by atoms with van der Waals surface area (Å²) in [5.74, 6) is 0.412. The van der Waals surface area contributed by atoms with Gasteiger partial charge in [0.2, 0.25) is 0 Å². The SMILES string of the molecule is C/C=C\C=C(/N)NC(=O)c1ccc(Cc2c(N)ncc(C/C=C/CCCCCC=O)c2N)cc1. The second-order valence-electron chi connectivity index (χ2n) is 8.02. The van der Waals surface area contributed by atoms with Crippen molar-refractivity contribution in [2.24, 2.45) is 5.73 Å². The van der Waals surface area contributed by atoms with Crippen LogP contribution in [0.2, 0.25) is 0 Å². The van der Waals surface area contributed by atoms with Gasteiger partial charge in [-0.15, -0.1) is 0 Å². The minimum absolute atomic E-state index is 0.275. The Morgan fingerprint density at radius 2 is 1.79 bits per heavy atom. The lowest BCUT2D eigenvalue weighted by molar-refractivity contribution is -0.107. The summed E-state index contributed by atoms with van der Waals surface area (Å²) in [4.78, 5) is 27.0. The number of nitrogens with zero attached hydrogens (tertiary/aromatic N) is 1. The molecule has 2 rings (SSSR count). The van der Waals surface area contributed by atoms with Crippen LogP contribution in [-0.2, 0) is 17.6 Å². The van der Waals surface area contributed by atoms with Gasteiger partial charge in [0.05, 0.1) is 0 Å². The Kier molecular flexibility index (Phi) is 11.1. The first-order valence-electron chi connectivity index (χ1n) is 11.5. The van der Waals surface area contributed by atoms with Crippen LogP contribution in [-0.4, -0.2) is 17.2 Å². The van der Waals surface area contributed by atoms with E-state index in [-0.39, 0.29) is 11.7 Å². The molecule has 0 fully saturated rings. The molecule has 0 saturated heterocycles. The third-order valence-electron chi connectivity index (χ3n) is 5.36. The summed E-state index contributed by atoms with van der Waals surface area (Å²) in [5.41, 5.74) is 22.2. The first-order valence-corrected chi connectivity index (χ1v) is 11.5. The largest absolute Gasteiger partial charge is 0.398 e. The minimum atomic E-state index is -0.275. The molecule has 0 atom stereocenters. The number of unbranched alkanes of at least 4 members (excludes halogenated alkanes) is 4. The van der Waals surface area contributed by atoms with Crippen LogP contribution >= 0.6 is 0 Å². The minimum Gasteiger partial charge on any atom is -0.398 e. The van der Waals surface area contributed by atoms with Gasteiger partial charge in [-0.25, -0.2) is 4.98 Å². The van der Waals surface area contributed by atoms with E-state index in [2.05, 4.69) is 22.5 Å². The predicted octanol–water partition coefficient (Wildman–Crippen LogP) is 4.19. The molecule has 1 heterocycles. The number of allylic oxidation sites excluding steroid dienone is 5. The summed E-state index contributed by atoms with van der Waals surface area (Å²) in [5, 5.41) is 2.65. The highest BCUT2D eigenvalue weighted by molar-refractivity contribution is 5.95. The number of rotatable bonds is 13. The number of aromatic nitrogens is 1. The lowest BCUT2D eigenvalue weighted by atomic mass is 9.99. The van der Waals surface area contributed by atoms with E-state index in [1.165, 1.54) is 0 Å². The van der Waals surface area contributed by atoms with Crippen LogP contribution < -0.4 is 22.5 Å². The molecule has 0 unspecified atom stereocenters. The highest BCUT2D eigenvalue weighted by atomic mass is 16.1. The van der Waals surface area contributed by atoms with Crippen LogP contribution in [0.5, 0.6) is 0 Å². The zero-order valence-corrected chi connectivity index (χ0v) is 19.8. The van der Waals surface area contributed by atoms with Gasteiger partial charge in [0.25, 0.3) is 5.91 Å². The zero-order valence-electron chi connectivity index (χ0n) is 19.8. The summed E-state index contributed by atoms with van der Waals surface area (Å²) in [6, 6.07) is 7.23. The molecule has 7 N–H and O–H groups in total. The third-order valence-corrected chi connectivity index (χ3v) is 5.36. The third kappa shape index (κ3) is 8.58. The first-order chi connectivity index (χ1) is 16.5. The van der Waals surface area contributed by atoms with Gasteiger partial charge < -0.3 is 27.3 Å². The average Bonchev–Trinajstić information content (AvgIpc) is 2.83. The number of nitrogens with two attached hydrogens (primary N) is 3. The van der Waals surface area contributed by atoms with Crippen molar-refractivity contribution in [1.82, 2.24) is 10.3 Å². The summed E-state index contributed by atoms with van der Waals surface area (Å²) in [6.45, 7) is 1.87. The second-order valence-corrected chi connectivity index (χ2v) is 8.02. The molecule has 7 heteroatoms. The van der Waals surface area contributed by atoms with Gasteiger partial charge in [-0.1, -0.05) is 42.9 Å². The number of hydrogen-bond donors (Lipinski definition) is 4. The molecule has 0 aliphatic heterocycles. The summed E-state index contributed by atoms with van der Waals surface area (Å²) in [6.07, 6.45) is 18.0. The number of pyridine rings is 1. The van der Waals surface area contributed by atoms with E-state index in [0.717, 1.165) is 48.7 Å². The van der Waals surface area contributed by atoms with Crippen molar-refractivity contribution in [2.45, 2.75) is 51.9 Å². The molecule has 0 spiro atoms. The number of anilines is 2. The molecule has 2 aromatic rings. The number of carbonyl (C=O) groups excluding carboxylic acids is 2. The number of benzene rings is 1. The lowest BCUT2D eigenvalue weighted by Gasteiger charge is -2.13. The summed E-state index contributed by atoms with van der Waals surface area (Å²) >= 11 is 0. The summed E-state index contributed by atoms with van der Waals surface area (Å²) < 4.78 is 0. The molecular weight excluding hydrogens is 426 g/mol. The Morgan fingerprint density at radius 3 is 2.50 bits per heavy atom. The molecule has 1 amide bonds. The van der Waals surface area contributed by atoms with E-state index < -0.39 is 0 Å². The van der Waals surface area contributed by atoms with Crippen molar-refractivity contribution in [3.63, 3.8) is 0 Å². The topological polar surface area (TPSA) is 137 Å². The van der Waals surface area contributed by atoms with E-state index in [4.69, 9.17) is 17.2 Å². The van der Waals surface area contributed by atoms with Gasteiger partial charge >= 0.3 is 0 Å². The second kappa shape index (κ2) is 14.3. The number of nitrogens with one attached hydrogen (secondary N) is 1.